The molecule has 0 aliphatic heterocycles. The Bertz CT molecular complexity index is 413. The molecular weight excluding hydrogens is 248 g/mol. The molecule has 0 aromatic carbocycles. The van der Waals surface area contributed by atoms with Crippen molar-refractivity contribution in [3.63, 3.8) is 0 Å². The number of carbonyl (C=O) groups is 1. The van der Waals surface area contributed by atoms with Crippen LogP contribution in [0.5, 0.6) is 0 Å². The number of aryl methyl sites for hydroxylation is 1. The number of amides is 2. The third-order valence-electron chi connectivity index (χ3n) is 3.41. The largest absolute Gasteiger partial charge is 0.396 e. The molecule has 0 atom stereocenters. The van der Waals surface area contributed by atoms with Gasteiger partial charge in [0.1, 0.15) is 0 Å². The van der Waals surface area contributed by atoms with Gasteiger partial charge in [-0.15, -0.1) is 11.3 Å². The maximum absolute atomic E-state index is 11.6. The number of nitrogens with one attached hydrogen (secondary N) is 2. The molecule has 100 valence electrons. The van der Waals surface area contributed by atoms with Crippen molar-refractivity contribution in [2.24, 2.45) is 5.41 Å². The molecule has 3 N–H and O–H groups in total. The van der Waals surface area contributed by atoms with Gasteiger partial charge in [-0.2, -0.15) is 0 Å². The van der Waals surface area contributed by atoms with Gasteiger partial charge in [0, 0.05) is 21.7 Å². The van der Waals surface area contributed by atoms with Crippen molar-refractivity contribution in [1.29, 1.82) is 0 Å². The summed E-state index contributed by atoms with van der Waals surface area (Å²) in [5.41, 5.74) is -0.0321. The molecule has 5 heteroatoms. The van der Waals surface area contributed by atoms with Gasteiger partial charge in [0.2, 0.25) is 0 Å². The lowest BCUT2D eigenvalue weighted by molar-refractivity contribution is 0.203. The smallest absolute Gasteiger partial charge is 0.315 e. The third kappa shape index (κ3) is 3.46. The molecule has 0 spiro atoms. The number of urea groups is 1. The van der Waals surface area contributed by atoms with E-state index in [1.165, 1.54) is 9.75 Å². The average molecular weight is 268 g/mol. The van der Waals surface area contributed by atoms with Gasteiger partial charge in [0.05, 0.1) is 13.2 Å². The Labute approximate surface area is 111 Å². The minimum Gasteiger partial charge on any atom is -0.396 e. The summed E-state index contributed by atoms with van der Waals surface area (Å²) in [5, 5.41) is 14.8. The number of rotatable bonds is 6. The van der Waals surface area contributed by atoms with Crippen LogP contribution in [0.25, 0.3) is 0 Å². The molecule has 0 radical (unpaired) electrons. The topological polar surface area (TPSA) is 61.4 Å². The molecule has 0 saturated heterocycles. The van der Waals surface area contributed by atoms with Crippen molar-refractivity contribution >= 4 is 17.4 Å². The normalized spacial score (nSPS) is 16.3. The molecule has 1 aromatic rings. The predicted octanol–water partition coefficient (Wildman–Crippen LogP) is 1.88. The van der Waals surface area contributed by atoms with E-state index in [1.54, 1.807) is 11.3 Å². The zero-order valence-corrected chi connectivity index (χ0v) is 11.5. The maximum atomic E-state index is 11.6. The number of hydrogen-bond donors (Lipinski definition) is 3. The van der Waals surface area contributed by atoms with E-state index in [2.05, 4.69) is 29.7 Å². The van der Waals surface area contributed by atoms with Crippen LogP contribution in [0.4, 0.5) is 4.79 Å². The fraction of sp³-hybridized carbons (Fsp3) is 0.615. The number of aliphatic hydroxyl groups is 1. The van der Waals surface area contributed by atoms with Crippen molar-refractivity contribution in [2.75, 3.05) is 13.2 Å². The first-order valence-corrected chi connectivity index (χ1v) is 7.19. The van der Waals surface area contributed by atoms with E-state index in [4.69, 9.17) is 5.11 Å². The van der Waals surface area contributed by atoms with Crippen molar-refractivity contribution in [1.82, 2.24) is 10.6 Å². The van der Waals surface area contributed by atoms with Crippen molar-refractivity contribution in [3.05, 3.63) is 21.9 Å². The molecule has 2 rings (SSSR count). The van der Waals surface area contributed by atoms with E-state index in [1.807, 2.05) is 0 Å². The average Bonchev–Trinajstić information content (AvgIpc) is 3.04. The van der Waals surface area contributed by atoms with Crippen LogP contribution in [-0.2, 0) is 13.0 Å². The third-order valence-corrected chi connectivity index (χ3v) is 4.63. The van der Waals surface area contributed by atoms with E-state index in [0.717, 1.165) is 19.3 Å². The van der Waals surface area contributed by atoms with E-state index < -0.39 is 0 Å². The van der Waals surface area contributed by atoms with E-state index in [0.29, 0.717) is 13.1 Å². The van der Waals surface area contributed by atoms with Crippen LogP contribution in [-0.4, -0.2) is 24.3 Å². The molecule has 1 aromatic heterocycles. The van der Waals surface area contributed by atoms with Gasteiger partial charge in [0.15, 0.2) is 0 Å². The summed E-state index contributed by atoms with van der Waals surface area (Å²) < 4.78 is 0. The van der Waals surface area contributed by atoms with E-state index >= 15 is 0 Å². The lowest BCUT2D eigenvalue weighted by atomic mass is 10.1. The second-order valence-corrected chi connectivity index (χ2v) is 6.17. The highest BCUT2D eigenvalue weighted by Gasteiger charge is 2.42. The monoisotopic (exact) mass is 268 g/mol. The second kappa shape index (κ2) is 5.71. The Kier molecular flexibility index (Phi) is 4.24. The lowest BCUT2D eigenvalue weighted by Gasteiger charge is -2.13. The summed E-state index contributed by atoms with van der Waals surface area (Å²) in [6.07, 6.45) is 3.05. The zero-order valence-electron chi connectivity index (χ0n) is 10.7. The summed E-state index contributed by atoms with van der Waals surface area (Å²) in [4.78, 5) is 14.1. The van der Waals surface area contributed by atoms with Crippen molar-refractivity contribution in [3.8, 4) is 0 Å². The highest BCUT2D eigenvalue weighted by molar-refractivity contribution is 7.11. The second-order valence-electron chi connectivity index (χ2n) is 4.92. The fourth-order valence-electron chi connectivity index (χ4n) is 1.77. The Morgan fingerprint density at radius 2 is 2.11 bits per heavy atom. The molecule has 1 aliphatic rings. The summed E-state index contributed by atoms with van der Waals surface area (Å²) in [6, 6.07) is 4.01. The Hall–Kier alpha value is -1.07. The Morgan fingerprint density at radius 1 is 1.39 bits per heavy atom. The number of hydrogen-bond acceptors (Lipinski definition) is 3. The van der Waals surface area contributed by atoms with Crippen LogP contribution in [0.1, 0.15) is 29.5 Å². The van der Waals surface area contributed by atoms with Gasteiger partial charge in [0.25, 0.3) is 0 Å². The summed E-state index contributed by atoms with van der Waals surface area (Å²) >= 11 is 1.73. The van der Waals surface area contributed by atoms with Gasteiger partial charge < -0.3 is 15.7 Å². The minimum atomic E-state index is -0.152. The van der Waals surface area contributed by atoms with Crippen LogP contribution < -0.4 is 10.6 Å². The number of carbonyl (C=O) groups excluding carboxylic acids is 1. The first-order chi connectivity index (χ1) is 8.67. The fourth-order valence-corrected chi connectivity index (χ4v) is 2.67. The van der Waals surface area contributed by atoms with Crippen LogP contribution in [0.15, 0.2) is 12.1 Å². The Balaban J connectivity index is 1.68. The highest BCUT2D eigenvalue weighted by atomic mass is 32.1. The van der Waals surface area contributed by atoms with Crippen LogP contribution in [0.2, 0.25) is 0 Å². The molecule has 0 unspecified atom stereocenters. The summed E-state index contributed by atoms with van der Waals surface area (Å²) in [6.45, 7) is 3.43. The van der Waals surface area contributed by atoms with Gasteiger partial charge in [-0.05, 0) is 31.4 Å². The van der Waals surface area contributed by atoms with E-state index in [-0.39, 0.29) is 18.1 Å². The van der Waals surface area contributed by atoms with Crippen molar-refractivity contribution in [2.45, 2.75) is 32.7 Å². The summed E-state index contributed by atoms with van der Waals surface area (Å²) in [7, 11) is 0. The van der Waals surface area contributed by atoms with Gasteiger partial charge in [-0.1, -0.05) is 6.92 Å². The van der Waals surface area contributed by atoms with Crippen LogP contribution in [0.3, 0.4) is 0 Å². The molecule has 1 fully saturated rings. The molecule has 2 amide bonds. The number of thiophene rings is 1. The van der Waals surface area contributed by atoms with E-state index in [9.17, 15) is 4.79 Å². The van der Waals surface area contributed by atoms with Crippen molar-refractivity contribution < 1.29 is 9.90 Å². The standard InChI is InChI=1S/C13H20N2O2S/c1-2-10-3-4-11(18-10)7-14-12(17)15-8-13(9-16)5-6-13/h3-4,16H,2,5-9H2,1H3,(H2,14,15,17). The molecule has 4 nitrogen and oxygen atoms in total. The zero-order chi connectivity index (χ0) is 13.0. The molecule has 1 saturated carbocycles. The maximum Gasteiger partial charge on any atom is 0.315 e. The molecule has 18 heavy (non-hydrogen) atoms. The van der Waals surface area contributed by atoms with Crippen LogP contribution in [0, 0.1) is 5.41 Å². The first kappa shape index (κ1) is 13.4. The first-order valence-electron chi connectivity index (χ1n) is 6.37. The Morgan fingerprint density at radius 3 is 2.67 bits per heavy atom. The minimum absolute atomic E-state index is 0.0321. The molecular formula is C13H20N2O2S. The molecule has 0 bridgehead atoms. The molecule has 1 heterocycles. The quantitative estimate of drug-likeness (QED) is 0.737. The van der Waals surface area contributed by atoms with Gasteiger partial charge >= 0.3 is 6.03 Å². The van der Waals surface area contributed by atoms with Crippen LogP contribution >= 0.6 is 11.3 Å². The number of aliphatic hydroxyl groups excluding tert-OH is 1. The van der Waals surface area contributed by atoms with Gasteiger partial charge in [-0.25, -0.2) is 4.79 Å². The SMILES string of the molecule is CCc1ccc(CNC(=O)NCC2(CO)CC2)s1. The van der Waals surface area contributed by atoms with Gasteiger partial charge in [-0.3, -0.25) is 0 Å². The highest BCUT2D eigenvalue weighted by Crippen LogP contribution is 2.44. The molecule has 1 aliphatic carbocycles. The lowest BCUT2D eigenvalue weighted by Crippen LogP contribution is -2.39. The predicted molar refractivity (Wildman–Crippen MR) is 72.7 cm³/mol. The summed E-state index contributed by atoms with van der Waals surface area (Å²) in [5.74, 6) is 0.